The summed E-state index contributed by atoms with van der Waals surface area (Å²) in [5.74, 6) is 0. The van der Waals surface area contributed by atoms with E-state index in [0.717, 1.165) is 11.4 Å². The summed E-state index contributed by atoms with van der Waals surface area (Å²) < 4.78 is 2.59. The lowest BCUT2D eigenvalue weighted by Gasteiger charge is -2.28. The zero-order valence-corrected chi connectivity index (χ0v) is 27.1. The third-order valence-electron chi connectivity index (χ3n) is 9.28. The van der Waals surface area contributed by atoms with Crippen molar-refractivity contribution in [2.75, 3.05) is 4.90 Å². The molecule has 1 aromatic heterocycles. The fourth-order valence-electron chi connectivity index (χ4n) is 6.99. The van der Waals surface area contributed by atoms with Gasteiger partial charge in [0, 0.05) is 26.7 Å². The minimum atomic E-state index is 1.12. The van der Waals surface area contributed by atoms with Gasteiger partial charge >= 0.3 is 0 Å². The van der Waals surface area contributed by atoms with E-state index in [1.807, 2.05) is 11.3 Å². The fraction of sp³-hybridized carbons (Fsp3) is 0. The van der Waals surface area contributed by atoms with E-state index in [1.165, 1.54) is 70.0 Å². The molecule has 0 aliphatic heterocycles. The molecule has 0 aliphatic carbocycles. The van der Waals surface area contributed by atoms with E-state index in [-0.39, 0.29) is 0 Å². The van der Waals surface area contributed by atoms with Gasteiger partial charge in [-0.1, -0.05) is 152 Å². The topological polar surface area (TPSA) is 3.24 Å². The van der Waals surface area contributed by atoms with Crippen LogP contribution >= 0.6 is 11.3 Å². The van der Waals surface area contributed by atoms with Crippen molar-refractivity contribution >= 4 is 59.3 Å². The SMILES string of the molecule is c1ccc(-c2ccccc2N(c2ccc(-c3cccc(-c4cccc5ccccc45)c3)cc2)c2cccc3c2sc2ccccc23)cc1. The molecule has 0 aliphatic rings. The molecule has 0 atom stereocenters. The predicted octanol–water partition coefficient (Wildman–Crippen LogP) is 13.7. The van der Waals surface area contributed by atoms with E-state index < -0.39 is 0 Å². The van der Waals surface area contributed by atoms with Crippen LogP contribution in [0.4, 0.5) is 17.1 Å². The number of benzene rings is 8. The maximum Gasteiger partial charge on any atom is 0.0640 e. The second-order valence-corrected chi connectivity index (χ2v) is 13.2. The lowest BCUT2D eigenvalue weighted by atomic mass is 9.95. The lowest BCUT2D eigenvalue weighted by Crippen LogP contribution is -2.11. The second kappa shape index (κ2) is 12.0. The van der Waals surface area contributed by atoms with Crippen LogP contribution in [-0.4, -0.2) is 0 Å². The van der Waals surface area contributed by atoms with Crippen LogP contribution in [0.3, 0.4) is 0 Å². The summed E-state index contributed by atoms with van der Waals surface area (Å²) in [5, 5.41) is 5.12. The van der Waals surface area contributed by atoms with E-state index in [0.29, 0.717) is 0 Å². The van der Waals surface area contributed by atoms with Crippen molar-refractivity contribution in [1.29, 1.82) is 0 Å². The van der Waals surface area contributed by atoms with Gasteiger partial charge in [0.2, 0.25) is 0 Å². The molecule has 8 aromatic carbocycles. The summed E-state index contributed by atoms with van der Waals surface area (Å²) in [7, 11) is 0. The average molecular weight is 630 g/mol. The van der Waals surface area contributed by atoms with Crippen molar-refractivity contribution in [2.24, 2.45) is 0 Å². The van der Waals surface area contributed by atoms with E-state index in [1.54, 1.807) is 0 Å². The molecule has 0 unspecified atom stereocenters. The van der Waals surface area contributed by atoms with E-state index in [9.17, 15) is 0 Å². The van der Waals surface area contributed by atoms with Crippen LogP contribution in [0.15, 0.2) is 188 Å². The van der Waals surface area contributed by atoms with Crippen LogP contribution in [0.25, 0.3) is 64.3 Å². The Bertz CT molecular complexity index is 2560. The molecule has 0 radical (unpaired) electrons. The molecule has 1 heterocycles. The number of hydrogen-bond acceptors (Lipinski definition) is 2. The molecule has 1 nitrogen and oxygen atoms in total. The number of rotatable bonds is 6. The third kappa shape index (κ3) is 4.95. The molecule has 0 fully saturated rings. The monoisotopic (exact) mass is 629 g/mol. The first-order chi connectivity index (χ1) is 23.8. The molecule has 0 N–H and O–H groups in total. The van der Waals surface area contributed by atoms with Crippen molar-refractivity contribution in [3.05, 3.63) is 188 Å². The Hall–Kier alpha value is -5.96. The summed E-state index contributed by atoms with van der Waals surface area (Å²) in [4.78, 5) is 2.44. The van der Waals surface area contributed by atoms with E-state index >= 15 is 0 Å². The number of nitrogens with zero attached hydrogens (tertiary/aromatic N) is 1. The normalized spacial score (nSPS) is 11.3. The molecular formula is C46H31NS. The summed E-state index contributed by atoms with van der Waals surface area (Å²) in [6, 6.07) is 68.1. The van der Waals surface area contributed by atoms with Gasteiger partial charge in [0.15, 0.2) is 0 Å². The van der Waals surface area contributed by atoms with Gasteiger partial charge in [0.1, 0.15) is 0 Å². The second-order valence-electron chi connectivity index (χ2n) is 12.1. The van der Waals surface area contributed by atoms with Crippen LogP contribution in [0.5, 0.6) is 0 Å². The van der Waals surface area contributed by atoms with Crippen LogP contribution in [0.2, 0.25) is 0 Å². The van der Waals surface area contributed by atoms with E-state index in [4.69, 9.17) is 0 Å². The lowest BCUT2D eigenvalue weighted by molar-refractivity contribution is 1.30. The minimum Gasteiger partial charge on any atom is -0.308 e. The van der Waals surface area contributed by atoms with Gasteiger partial charge in [-0.25, -0.2) is 0 Å². The zero-order valence-electron chi connectivity index (χ0n) is 26.3. The van der Waals surface area contributed by atoms with Crippen LogP contribution in [0, 0.1) is 0 Å². The van der Waals surface area contributed by atoms with Crippen molar-refractivity contribution in [2.45, 2.75) is 0 Å². The van der Waals surface area contributed by atoms with Crippen LogP contribution < -0.4 is 4.90 Å². The third-order valence-corrected chi connectivity index (χ3v) is 10.5. The fourth-order valence-corrected chi connectivity index (χ4v) is 8.20. The van der Waals surface area contributed by atoms with Gasteiger partial charge in [0.25, 0.3) is 0 Å². The molecular weight excluding hydrogens is 599 g/mol. The first-order valence-electron chi connectivity index (χ1n) is 16.4. The molecule has 0 saturated heterocycles. The Kier molecular flexibility index (Phi) is 7.07. The molecule has 9 rings (SSSR count). The maximum absolute atomic E-state index is 2.44. The quantitative estimate of drug-likeness (QED) is 0.177. The molecule has 0 saturated carbocycles. The number of fused-ring (bicyclic) bond motifs is 4. The molecule has 0 spiro atoms. The standard InChI is InChI=1S/C46H31NS/c1-2-13-34(14-3-1)40-20-6-8-24-43(40)47(44-25-12-23-42-41-21-7-9-26-45(41)48-46(42)44)37-29-27-32(28-30-37)35-17-10-18-36(31-35)39-22-11-16-33-15-4-5-19-38(33)39/h1-31H. The number of para-hydroxylation sites is 1. The van der Waals surface area contributed by atoms with Gasteiger partial charge in [-0.15, -0.1) is 11.3 Å². The molecule has 0 bridgehead atoms. The Balaban J connectivity index is 1.19. The highest BCUT2D eigenvalue weighted by molar-refractivity contribution is 7.26. The van der Waals surface area contributed by atoms with E-state index in [2.05, 4.69) is 193 Å². The molecule has 0 amide bonds. The molecule has 48 heavy (non-hydrogen) atoms. The number of thiophene rings is 1. The highest BCUT2D eigenvalue weighted by atomic mass is 32.1. The van der Waals surface area contributed by atoms with Gasteiger partial charge in [0.05, 0.1) is 16.1 Å². The first-order valence-corrected chi connectivity index (χ1v) is 17.2. The van der Waals surface area contributed by atoms with Crippen molar-refractivity contribution in [1.82, 2.24) is 0 Å². The molecule has 226 valence electrons. The smallest absolute Gasteiger partial charge is 0.0640 e. The highest BCUT2D eigenvalue weighted by Gasteiger charge is 2.21. The summed E-state index contributed by atoms with van der Waals surface area (Å²) in [6.45, 7) is 0. The van der Waals surface area contributed by atoms with Crippen molar-refractivity contribution < 1.29 is 0 Å². The Morgan fingerprint density at radius 2 is 0.958 bits per heavy atom. The Labute approximate surface area is 284 Å². The number of anilines is 3. The van der Waals surface area contributed by atoms with Gasteiger partial charge in [-0.3, -0.25) is 0 Å². The zero-order chi connectivity index (χ0) is 31.9. The maximum atomic E-state index is 2.44. The van der Waals surface area contributed by atoms with Gasteiger partial charge < -0.3 is 4.90 Å². The minimum absolute atomic E-state index is 1.12. The summed E-state index contributed by atoms with van der Waals surface area (Å²) in [5.41, 5.74) is 10.7. The van der Waals surface area contributed by atoms with Crippen molar-refractivity contribution in [3.8, 4) is 33.4 Å². The summed E-state index contributed by atoms with van der Waals surface area (Å²) in [6.07, 6.45) is 0. The van der Waals surface area contributed by atoms with Gasteiger partial charge in [-0.05, 0) is 75.0 Å². The van der Waals surface area contributed by atoms with Crippen LogP contribution in [-0.2, 0) is 0 Å². The molecule has 2 heteroatoms. The van der Waals surface area contributed by atoms with Gasteiger partial charge in [-0.2, -0.15) is 0 Å². The largest absolute Gasteiger partial charge is 0.308 e. The molecule has 9 aromatic rings. The highest BCUT2D eigenvalue weighted by Crippen LogP contribution is 2.47. The Morgan fingerprint density at radius 3 is 1.85 bits per heavy atom. The average Bonchev–Trinajstić information content (AvgIpc) is 3.55. The summed E-state index contributed by atoms with van der Waals surface area (Å²) >= 11 is 1.87. The predicted molar refractivity (Wildman–Crippen MR) is 208 cm³/mol. The Morgan fingerprint density at radius 1 is 0.354 bits per heavy atom. The first kappa shape index (κ1) is 28.3. The van der Waals surface area contributed by atoms with Crippen LogP contribution in [0.1, 0.15) is 0 Å². The van der Waals surface area contributed by atoms with Crippen molar-refractivity contribution in [3.63, 3.8) is 0 Å². The number of hydrogen-bond donors (Lipinski definition) is 0.